The van der Waals surface area contributed by atoms with Crippen LogP contribution in [0.1, 0.15) is 61.9 Å². The van der Waals surface area contributed by atoms with Gasteiger partial charge in [0.05, 0.1) is 5.51 Å². The fourth-order valence-corrected chi connectivity index (χ4v) is 5.56. The summed E-state index contributed by atoms with van der Waals surface area (Å²) in [6, 6.07) is 0. The van der Waals surface area contributed by atoms with Gasteiger partial charge in [-0.15, -0.1) is 11.3 Å². The first-order valence-corrected chi connectivity index (χ1v) is 11.1. The first kappa shape index (κ1) is 20.3. The molecule has 1 spiro atoms. The summed E-state index contributed by atoms with van der Waals surface area (Å²) in [5, 5.41) is 8.77. The quantitative estimate of drug-likeness (QED) is 0.797. The molecule has 2 aliphatic heterocycles. The van der Waals surface area contributed by atoms with Crippen LogP contribution in [0.3, 0.4) is 0 Å². The van der Waals surface area contributed by atoms with E-state index in [1.54, 1.807) is 5.51 Å². The van der Waals surface area contributed by atoms with E-state index < -0.39 is 0 Å². The fraction of sp³-hybridized carbons (Fsp3) is 0.750. The minimum Gasteiger partial charge on any atom is -0.483 e. The molecule has 4 rings (SSSR count). The number of hydrogen-bond acceptors (Lipinski definition) is 5. The molecule has 0 bridgehead atoms. The average molecular weight is 394 g/mol. The summed E-state index contributed by atoms with van der Waals surface area (Å²) >= 11 is 1.51. The Kier molecular flexibility index (Phi) is 7.24. The average Bonchev–Trinajstić information content (AvgIpc) is 3.38. The van der Waals surface area contributed by atoms with Gasteiger partial charge in [-0.3, -0.25) is 9.59 Å². The van der Waals surface area contributed by atoms with Crippen LogP contribution in [-0.2, 0) is 4.79 Å². The fourth-order valence-electron chi connectivity index (χ4n) is 5.04. The SMILES string of the molecule is O=C(c1cscn1)N1CCCC2(CCN(CC3CCCC3)CC2)C1.O=CO. The van der Waals surface area contributed by atoms with Crippen molar-refractivity contribution < 1.29 is 14.7 Å². The van der Waals surface area contributed by atoms with Gasteiger partial charge in [-0.05, 0) is 62.9 Å². The van der Waals surface area contributed by atoms with Gasteiger partial charge < -0.3 is 14.9 Å². The van der Waals surface area contributed by atoms with Crippen LogP contribution < -0.4 is 0 Å². The zero-order valence-corrected chi connectivity index (χ0v) is 16.8. The predicted octanol–water partition coefficient (Wildman–Crippen LogP) is 3.35. The number of thiazole rings is 1. The third-order valence-electron chi connectivity index (χ3n) is 6.51. The van der Waals surface area contributed by atoms with Crippen molar-refractivity contribution in [3.63, 3.8) is 0 Å². The van der Waals surface area contributed by atoms with Gasteiger partial charge in [0.25, 0.3) is 12.4 Å². The van der Waals surface area contributed by atoms with Crippen molar-refractivity contribution >= 4 is 23.7 Å². The molecular formula is C20H31N3O3S. The van der Waals surface area contributed by atoms with Gasteiger partial charge in [0.2, 0.25) is 0 Å². The van der Waals surface area contributed by atoms with E-state index in [1.165, 1.54) is 75.9 Å². The van der Waals surface area contributed by atoms with Crippen molar-refractivity contribution in [3.8, 4) is 0 Å². The molecule has 2 saturated heterocycles. The zero-order chi connectivity index (χ0) is 19.1. The lowest BCUT2D eigenvalue weighted by Crippen LogP contribution is -2.51. The Hall–Kier alpha value is -1.47. The number of amides is 1. The molecule has 1 N–H and O–H groups in total. The Morgan fingerprint density at radius 3 is 2.56 bits per heavy atom. The molecule has 1 saturated carbocycles. The van der Waals surface area contributed by atoms with Crippen LogP contribution in [0, 0.1) is 11.3 Å². The van der Waals surface area contributed by atoms with E-state index in [9.17, 15) is 4.79 Å². The van der Waals surface area contributed by atoms with E-state index >= 15 is 0 Å². The molecule has 1 aromatic heterocycles. The first-order chi connectivity index (χ1) is 13.2. The van der Waals surface area contributed by atoms with Crippen LogP contribution in [0.4, 0.5) is 0 Å². The summed E-state index contributed by atoms with van der Waals surface area (Å²) in [5.74, 6) is 1.09. The number of hydrogen-bond donors (Lipinski definition) is 1. The summed E-state index contributed by atoms with van der Waals surface area (Å²) in [5.41, 5.74) is 2.76. The maximum Gasteiger partial charge on any atom is 0.290 e. The summed E-state index contributed by atoms with van der Waals surface area (Å²) in [6.45, 7) is 5.38. The van der Waals surface area contributed by atoms with Gasteiger partial charge in [0.15, 0.2) is 0 Å². The van der Waals surface area contributed by atoms with Crippen molar-refractivity contribution in [1.29, 1.82) is 0 Å². The smallest absolute Gasteiger partial charge is 0.290 e. The van der Waals surface area contributed by atoms with Crippen LogP contribution in [0.2, 0.25) is 0 Å². The van der Waals surface area contributed by atoms with Gasteiger partial charge in [0.1, 0.15) is 5.69 Å². The van der Waals surface area contributed by atoms with Gasteiger partial charge in [-0.25, -0.2) is 4.98 Å². The van der Waals surface area contributed by atoms with E-state index in [0.717, 1.165) is 25.4 Å². The lowest BCUT2D eigenvalue weighted by molar-refractivity contribution is -0.122. The van der Waals surface area contributed by atoms with Crippen molar-refractivity contribution in [2.45, 2.75) is 51.4 Å². The number of rotatable bonds is 3. The number of carbonyl (C=O) groups excluding carboxylic acids is 1. The Labute approximate surface area is 165 Å². The summed E-state index contributed by atoms with van der Waals surface area (Å²) in [4.78, 5) is 30.0. The maximum atomic E-state index is 12.6. The van der Waals surface area contributed by atoms with Crippen molar-refractivity contribution in [2.24, 2.45) is 11.3 Å². The summed E-state index contributed by atoms with van der Waals surface area (Å²) in [7, 11) is 0. The second-order valence-electron chi connectivity index (χ2n) is 8.26. The largest absolute Gasteiger partial charge is 0.483 e. The molecule has 0 unspecified atom stereocenters. The van der Waals surface area contributed by atoms with Crippen LogP contribution >= 0.6 is 11.3 Å². The normalized spacial score (nSPS) is 23.0. The zero-order valence-electron chi connectivity index (χ0n) is 16.0. The Morgan fingerprint density at radius 1 is 1.22 bits per heavy atom. The Bertz CT molecular complexity index is 594. The van der Waals surface area contributed by atoms with E-state index in [-0.39, 0.29) is 12.4 Å². The topological polar surface area (TPSA) is 73.7 Å². The van der Waals surface area contributed by atoms with Crippen LogP contribution in [-0.4, -0.2) is 65.0 Å². The number of carbonyl (C=O) groups is 2. The van der Waals surface area contributed by atoms with E-state index in [1.807, 2.05) is 5.38 Å². The third kappa shape index (κ3) is 5.29. The van der Waals surface area contributed by atoms with Crippen molar-refractivity contribution in [2.75, 3.05) is 32.7 Å². The maximum absolute atomic E-state index is 12.6. The number of aromatic nitrogens is 1. The standard InChI is InChI=1S/C19H29N3OS.CH2O2/c23-18(17-13-24-15-20-17)22-9-3-6-19(14-22)7-10-21(11-8-19)12-16-4-1-2-5-16;2-1-3/h13,15-16H,1-12,14H2;1H,(H,2,3). The van der Waals surface area contributed by atoms with Crippen LogP contribution in [0.5, 0.6) is 0 Å². The predicted molar refractivity (Wildman–Crippen MR) is 106 cm³/mol. The minimum atomic E-state index is -0.250. The van der Waals surface area contributed by atoms with E-state index in [0.29, 0.717) is 11.1 Å². The monoisotopic (exact) mass is 393 g/mol. The molecule has 1 aromatic rings. The molecule has 27 heavy (non-hydrogen) atoms. The van der Waals surface area contributed by atoms with E-state index in [2.05, 4.69) is 14.8 Å². The van der Waals surface area contributed by atoms with Crippen molar-refractivity contribution in [1.82, 2.24) is 14.8 Å². The lowest BCUT2D eigenvalue weighted by Gasteiger charge is -2.48. The molecule has 0 aromatic carbocycles. The highest BCUT2D eigenvalue weighted by atomic mass is 32.1. The molecule has 7 heteroatoms. The minimum absolute atomic E-state index is 0.142. The Morgan fingerprint density at radius 2 is 1.93 bits per heavy atom. The number of likely N-dealkylation sites (tertiary alicyclic amines) is 2. The number of nitrogens with zero attached hydrogens (tertiary/aromatic N) is 3. The molecule has 6 nitrogen and oxygen atoms in total. The number of carboxylic acid groups (broad SMARTS) is 1. The van der Waals surface area contributed by atoms with Gasteiger partial charge in [-0.1, -0.05) is 12.8 Å². The van der Waals surface area contributed by atoms with Crippen molar-refractivity contribution in [3.05, 3.63) is 16.6 Å². The second kappa shape index (κ2) is 9.64. The lowest BCUT2D eigenvalue weighted by atomic mass is 9.72. The van der Waals surface area contributed by atoms with Gasteiger partial charge in [0, 0.05) is 25.0 Å². The summed E-state index contributed by atoms with van der Waals surface area (Å²) < 4.78 is 0. The molecule has 3 heterocycles. The molecule has 0 radical (unpaired) electrons. The van der Waals surface area contributed by atoms with Crippen LogP contribution in [0.15, 0.2) is 10.9 Å². The first-order valence-electron chi connectivity index (χ1n) is 10.1. The summed E-state index contributed by atoms with van der Waals surface area (Å²) in [6.07, 6.45) is 10.7. The highest BCUT2D eigenvalue weighted by Gasteiger charge is 2.40. The third-order valence-corrected chi connectivity index (χ3v) is 7.09. The van der Waals surface area contributed by atoms with E-state index in [4.69, 9.17) is 9.90 Å². The molecule has 0 atom stereocenters. The molecule has 150 valence electrons. The molecule has 3 fully saturated rings. The Balaban J connectivity index is 0.000000659. The second-order valence-corrected chi connectivity index (χ2v) is 8.98. The molecule has 1 amide bonds. The molecular weight excluding hydrogens is 362 g/mol. The van der Waals surface area contributed by atoms with Gasteiger partial charge in [-0.2, -0.15) is 0 Å². The number of piperidine rings is 2. The molecule has 1 aliphatic carbocycles. The van der Waals surface area contributed by atoms with Crippen LogP contribution in [0.25, 0.3) is 0 Å². The highest BCUT2D eigenvalue weighted by molar-refractivity contribution is 7.07. The molecule has 3 aliphatic rings. The van der Waals surface area contributed by atoms with Gasteiger partial charge >= 0.3 is 0 Å². The highest BCUT2D eigenvalue weighted by Crippen LogP contribution is 2.40.